The maximum absolute atomic E-state index is 9.33. The van der Waals surface area contributed by atoms with Crippen LogP contribution in [0.4, 0.5) is 0 Å². The van der Waals surface area contributed by atoms with Gasteiger partial charge in [-0.15, -0.1) is 6.42 Å². The predicted molar refractivity (Wildman–Crippen MR) is 40.8 cm³/mol. The van der Waals surface area contributed by atoms with E-state index >= 15 is 0 Å². The molecule has 0 atom stereocenters. The Labute approximate surface area is 78.2 Å². The first kappa shape index (κ1) is 16.4. The van der Waals surface area contributed by atoms with E-state index in [1.165, 1.54) is 6.92 Å². The average molecular weight is 310 g/mol. The summed E-state index contributed by atoms with van der Waals surface area (Å²) >= 11 is 0. The Morgan fingerprint density at radius 3 is 1.90 bits per heavy atom. The number of carbonyl (C=O) groups excluding carboxylic acids is 1. The molecule has 0 amide bonds. The molecular weight excluding hydrogens is 296 g/mol. The van der Waals surface area contributed by atoms with Crippen molar-refractivity contribution in [2.75, 3.05) is 0 Å². The van der Waals surface area contributed by atoms with E-state index in [1.54, 1.807) is 6.08 Å². The molecule has 0 aliphatic carbocycles. The summed E-state index contributed by atoms with van der Waals surface area (Å²) in [5.41, 5.74) is 0. The van der Waals surface area contributed by atoms with Gasteiger partial charge in [0, 0.05) is 0 Å². The summed E-state index contributed by atoms with van der Waals surface area (Å²) in [7, 11) is 0. The van der Waals surface area contributed by atoms with Crippen molar-refractivity contribution in [3.63, 3.8) is 0 Å². The van der Waals surface area contributed by atoms with Gasteiger partial charge < -0.3 is 11.7 Å². The molecule has 0 aromatic carbocycles. The molecule has 0 aliphatic heterocycles. The SMILES string of the molecule is [CH2-]/C=C/CC.[CH2-]C(C)=O.[W+2]. The fraction of sp³-hybridized carbons (Fsp3) is 0.375. The fourth-order valence-corrected chi connectivity index (χ4v) is 0.167. The van der Waals surface area contributed by atoms with Crippen LogP contribution in [0.2, 0.25) is 0 Å². The van der Waals surface area contributed by atoms with Gasteiger partial charge in [0.15, 0.2) is 0 Å². The Balaban J connectivity index is -0.0000000910. The fourth-order valence-electron chi connectivity index (χ4n) is 0.167. The van der Waals surface area contributed by atoms with Crippen molar-refractivity contribution in [2.45, 2.75) is 20.3 Å². The molecule has 0 saturated heterocycles. The molecular formula is C8H14OW. The molecule has 2 heteroatoms. The Morgan fingerprint density at radius 2 is 1.90 bits per heavy atom. The normalized spacial score (nSPS) is 7.40. The summed E-state index contributed by atoms with van der Waals surface area (Å²) in [6.07, 6.45) is 4.92. The smallest absolute Gasteiger partial charge is 0.340 e. The summed E-state index contributed by atoms with van der Waals surface area (Å²) in [6.45, 7) is 10.00. The molecule has 0 unspecified atom stereocenters. The third kappa shape index (κ3) is 108. The van der Waals surface area contributed by atoms with Crippen molar-refractivity contribution in [1.29, 1.82) is 0 Å². The largest absolute Gasteiger partial charge is 2.00 e. The number of hydrogen-bond donors (Lipinski definition) is 0. The molecule has 0 spiro atoms. The molecule has 0 aromatic heterocycles. The minimum absolute atomic E-state index is 0. The molecule has 0 fully saturated rings. The zero-order valence-corrected chi connectivity index (χ0v) is 9.53. The Bertz CT molecular complexity index is 83.3. The van der Waals surface area contributed by atoms with Crippen LogP contribution in [0, 0.1) is 13.8 Å². The van der Waals surface area contributed by atoms with E-state index in [0.29, 0.717) is 0 Å². The van der Waals surface area contributed by atoms with E-state index in [9.17, 15) is 4.79 Å². The van der Waals surface area contributed by atoms with Crippen molar-refractivity contribution >= 4 is 5.78 Å². The zero-order valence-electron chi connectivity index (χ0n) is 6.59. The van der Waals surface area contributed by atoms with Crippen molar-refractivity contribution in [3.8, 4) is 0 Å². The summed E-state index contributed by atoms with van der Waals surface area (Å²) in [6, 6.07) is 0. The first-order chi connectivity index (χ1) is 4.15. The number of allylic oxidation sites excluding steroid dienone is 2. The van der Waals surface area contributed by atoms with E-state index in [0.717, 1.165) is 6.42 Å². The number of ketones is 1. The number of Topliss-reactive ketones (excluding diaryl/α,β-unsaturated/α-hetero) is 1. The molecule has 0 bridgehead atoms. The second-order valence-electron chi connectivity index (χ2n) is 1.58. The van der Waals surface area contributed by atoms with Crippen molar-refractivity contribution < 1.29 is 25.9 Å². The van der Waals surface area contributed by atoms with Crippen LogP contribution < -0.4 is 0 Å². The Hall–Kier alpha value is -0.162. The molecule has 0 heterocycles. The number of rotatable bonds is 1. The molecule has 0 radical (unpaired) electrons. The first-order valence-electron chi connectivity index (χ1n) is 2.91. The van der Waals surface area contributed by atoms with Crippen molar-refractivity contribution in [3.05, 3.63) is 26.0 Å². The van der Waals surface area contributed by atoms with Crippen LogP contribution in [0.1, 0.15) is 20.3 Å². The monoisotopic (exact) mass is 310 g/mol. The minimum Gasteiger partial charge on any atom is -0.340 e. The van der Waals surface area contributed by atoms with Crippen LogP contribution >= 0.6 is 0 Å². The molecule has 10 heavy (non-hydrogen) atoms. The summed E-state index contributed by atoms with van der Waals surface area (Å²) in [5, 5.41) is 0. The van der Waals surface area contributed by atoms with Gasteiger partial charge in [0.2, 0.25) is 0 Å². The Morgan fingerprint density at radius 1 is 1.60 bits per heavy atom. The predicted octanol–water partition coefficient (Wildman–Crippen LogP) is 2.19. The average Bonchev–Trinajstić information content (AvgIpc) is 1.66. The summed E-state index contributed by atoms with van der Waals surface area (Å²) in [5.74, 6) is -0.0833. The van der Waals surface area contributed by atoms with Crippen LogP contribution in [0.15, 0.2) is 12.2 Å². The van der Waals surface area contributed by atoms with Crippen LogP contribution in [0.25, 0.3) is 0 Å². The molecule has 0 aliphatic rings. The molecule has 1 nitrogen and oxygen atoms in total. The van der Waals surface area contributed by atoms with E-state index < -0.39 is 0 Å². The van der Waals surface area contributed by atoms with Gasteiger partial charge in [0.25, 0.3) is 0 Å². The Kier molecular flexibility index (Phi) is 26.2. The first-order valence-corrected chi connectivity index (χ1v) is 2.91. The summed E-state index contributed by atoms with van der Waals surface area (Å²) < 4.78 is 0. The van der Waals surface area contributed by atoms with Gasteiger partial charge in [-0.05, 0) is 12.7 Å². The quantitative estimate of drug-likeness (QED) is 0.679. The standard InChI is InChI=1S/C5H9.C3H5O.W/c1-3-5-4-2;1-3(2)4;/h3,5H,1,4H2,2H3;1H2,2H3;/q2*-1;+2/b5-3+;;. The van der Waals surface area contributed by atoms with Crippen LogP contribution in [0.5, 0.6) is 0 Å². The third-order valence-corrected chi connectivity index (χ3v) is 0.402. The van der Waals surface area contributed by atoms with Crippen LogP contribution in [-0.4, -0.2) is 5.78 Å². The van der Waals surface area contributed by atoms with Crippen LogP contribution in [0.3, 0.4) is 0 Å². The maximum atomic E-state index is 9.33. The molecule has 0 aromatic rings. The van der Waals surface area contributed by atoms with Gasteiger partial charge in [-0.25, -0.2) is 19.1 Å². The van der Waals surface area contributed by atoms with Gasteiger partial charge in [-0.2, -0.15) is 0 Å². The van der Waals surface area contributed by atoms with Gasteiger partial charge in [0.1, 0.15) is 0 Å². The molecule has 0 saturated carbocycles. The van der Waals surface area contributed by atoms with Crippen molar-refractivity contribution in [1.82, 2.24) is 0 Å². The van der Waals surface area contributed by atoms with Gasteiger partial charge in [-0.3, -0.25) is 0 Å². The van der Waals surface area contributed by atoms with E-state index in [4.69, 9.17) is 0 Å². The molecule has 0 N–H and O–H groups in total. The number of carbonyl (C=O) groups is 1. The van der Waals surface area contributed by atoms with Gasteiger partial charge in [-0.1, -0.05) is 6.92 Å². The van der Waals surface area contributed by atoms with Crippen molar-refractivity contribution in [2.24, 2.45) is 0 Å². The summed E-state index contributed by atoms with van der Waals surface area (Å²) in [4.78, 5) is 9.33. The van der Waals surface area contributed by atoms with E-state index in [-0.39, 0.29) is 26.8 Å². The topological polar surface area (TPSA) is 17.1 Å². The molecule has 0 rings (SSSR count). The third-order valence-electron chi connectivity index (χ3n) is 0.402. The van der Waals surface area contributed by atoms with E-state index in [1.807, 2.05) is 6.08 Å². The second kappa shape index (κ2) is 15.9. The van der Waals surface area contributed by atoms with E-state index in [2.05, 4.69) is 20.8 Å². The number of hydrogen-bond acceptors (Lipinski definition) is 1. The molecule has 58 valence electrons. The van der Waals surface area contributed by atoms with Gasteiger partial charge >= 0.3 is 21.1 Å². The van der Waals surface area contributed by atoms with Crippen LogP contribution in [-0.2, 0) is 25.9 Å². The maximum Gasteiger partial charge on any atom is 2.00 e. The van der Waals surface area contributed by atoms with Gasteiger partial charge in [0.05, 0.1) is 0 Å². The minimum atomic E-state index is -0.0833. The zero-order chi connectivity index (χ0) is 7.70. The second-order valence-corrected chi connectivity index (χ2v) is 1.58.